The zero-order valence-electron chi connectivity index (χ0n) is 9.09. The molecule has 3 N–H and O–H groups in total. The monoisotopic (exact) mass is 185 g/mol. The Morgan fingerprint density at radius 3 is 2.54 bits per heavy atom. The van der Waals surface area contributed by atoms with E-state index in [1.54, 1.807) is 0 Å². The van der Waals surface area contributed by atoms with E-state index >= 15 is 0 Å². The van der Waals surface area contributed by atoms with Crippen LogP contribution >= 0.6 is 0 Å². The van der Waals surface area contributed by atoms with Crippen molar-refractivity contribution in [3.63, 3.8) is 0 Å². The van der Waals surface area contributed by atoms with Crippen LogP contribution in [0.2, 0.25) is 0 Å². The molecule has 0 radical (unpaired) electrons. The highest BCUT2D eigenvalue weighted by Gasteiger charge is 2.41. The van der Waals surface area contributed by atoms with Gasteiger partial charge in [0.1, 0.15) is 0 Å². The van der Waals surface area contributed by atoms with Gasteiger partial charge >= 0.3 is 0 Å². The van der Waals surface area contributed by atoms with Crippen LogP contribution in [-0.4, -0.2) is 17.3 Å². The highest BCUT2D eigenvalue weighted by Crippen LogP contribution is 2.40. The second-order valence-corrected chi connectivity index (χ2v) is 5.04. The zero-order valence-corrected chi connectivity index (χ0v) is 9.09. The summed E-state index contributed by atoms with van der Waals surface area (Å²) < 4.78 is 0. The van der Waals surface area contributed by atoms with Crippen molar-refractivity contribution in [2.24, 2.45) is 23.5 Å². The summed E-state index contributed by atoms with van der Waals surface area (Å²) in [7, 11) is 0. The molecule has 0 unspecified atom stereocenters. The number of hydrogen-bond acceptors (Lipinski definition) is 2. The van der Waals surface area contributed by atoms with Crippen molar-refractivity contribution in [1.82, 2.24) is 0 Å². The minimum Gasteiger partial charge on any atom is -0.388 e. The highest BCUT2D eigenvalue weighted by molar-refractivity contribution is 4.94. The Bertz CT molecular complexity index is 169. The van der Waals surface area contributed by atoms with Gasteiger partial charge in [0.2, 0.25) is 0 Å². The molecule has 2 nitrogen and oxygen atoms in total. The minimum absolute atomic E-state index is 0.397. The average molecular weight is 185 g/mol. The van der Waals surface area contributed by atoms with Gasteiger partial charge in [0, 0.05) is 6.54 Å². The number of nitrogens with two attached hydrogens (primary N) is 1. The van der Waals surface area contributed by atoms with Crippen LogP contribution < -0.4 is 5.73 Å². The summed E-state index contributed by atoms with van der Waals surface area (Å²) in [4.78, 5) is 0. The molecule has 0 spiro atoms. The first-order chi connectivity index (χ1) is 5.99. The van der Waals surface area contributed by atoms with E-state index in [1.807, 2.05) is 0 Å². The second kappa shape index (κ2) is 3.97. The molecule has 3 atom stereocenters. The average Bonchev–Trinajstić information content (AvgIpc) is 2.03. The Morgan fingerprint density at radius 1 is 1.46 bits per heavy atom. The Morgan fingerprint density at radius 2 is 2.08 bits per heavy atom. The van der Waals surface area contributed by atoms with Crippen molar-refractivity contribution in [1.29, 1.82) is 0 Å². The summed E-state index contributed by atoms with van der Waals surface area (Å²) >= 11 is 0. The number of aliphatic hydroxyl groups is 1. The SMILES string of the molecule is CC(C)[C@@H]1CC[C@@H](C)C[C@@]1(O)CN. The molecule has 0 aromatic rings. The lowest BCUT2D eigenvalue weighted by Crippen LogP contribution is -2.50. The van der Waals surface area contributed by atoms with Gasteiger partial charge in [0.15, 0.2) is 0 Å². The fraction of sp³-hybridized carbons (Fsp3) is 1.00. The lowest BCUT2D eigenvalue weighted by Gasteiger charge is -2.44. The van der Waals surface area contributed by atoms with Gasteiger partial charge < -0.3 is 10.8 Å². The molecule has 2 heteroatoms. The molecule has 0 aromatic carbocycles. The molecule has 13 heavy (non-hydrogen) atoms. The molecule has 1 fully saturated rings. The summed E-state index contributed by atoms with van der Waals surface area (Å²) in [6.45, 7) is 6.99. The predicted octanol–water partition coefficient (Wildman–Crippen LogP) is 1.77. The quantitative estimate of drug-likeness (QED) is 0.688. The largest absolute Gasteiger partial charge is 0.388 e. The molecule has 1 rings (SSSR count). The molecule has 78 valence electrons. The summed E-state index contributed by atoms with van der Waals surface area (Å²) in [5, 5.41) is 10.4. The maximum absolute atomic E-state index is 10.4. The van der Waals surface area contributed by atoms with Crippen LogP contribution in [0.4, 0.5) is 0 Å². The van der Waals surface area contributed by atoms with E-state index in [1.165, 1.54) is 6.42 Å². The lowest BCUT2D eigenvalue weighted by molar-refractivity contribution is -0.0724. The van der Waals surface area contributed by atoms with Crippen LogP contribution in [-0.2, 0) is 0 Å². The summed E-state index contributed by atoms with van der Waals surface area (Å²) in [5.74, 6) is 1.57. The van der Waals surface area contributed by atoms with Gasteiger partial charge in [0.05, 0.1) is 5.60 Å². The fourth-order valence-corrected chi connectivity index (χ4v) is 2.78. The van der Waals surface area contributed by atoms with Crippen molar-refractivity contribution >= 4 is 0 Å². The topological polar surface area (TPSA) is 46.2 Å². The Hall–Kier alpha value is -0.0800. The van der Waals surface area contributed by atoms with E-state index in [9.17, 15) is 5.11 Å². The van der Waals surface area contributed by atoms with E-state index in [0.29, 0.717) is 24.3 Å². The van der Waals surface area contributed by atoms with Crippen LogP contribution in [0, 0.1) is 17.8 Å². The second-order valence-electron chi connectivity index (χ2n) is 5.04. The third-order valence-corrected chi connectivity index (χ3v) is 3.52. The molecule has 0 aliphatic heterocycles. The predicted molar refractivity (Wildman–Crippen MR) is 55.3 cm³/mol. The van der Waals surface area contributed by atoms with Gasteiger partial charge in [-0.05, 0) is 30.6 Å². The highest BCUT2D eigenvalue weighted by atomic mass is 16.3. The Kier molecular flexibility index (Phi) is 3.36. The lowest BCUT2D eigenvalue weighted by atomic mass is 9.67. The van der Waals surface area contributed by atoms with E-state index in [-0.39, 0.29) is 0 Å². The minimum atomic E-state index is -0.591. The zero-order chi connectivity index (χ0) is 10.1. The molecule has 0 aromatic heterocycles. The molecule has 1 saturated carbocycles. The summed E-state index contributed by atoms with van der Waals surface area (Å²) in [5.41, 5.74) is 5.09. The van der Waals surface area contributed by atoms with Crippen molar-refractivity contribution in [3.05, 3.63) is 0 Å². The Labute approximate surface area is 81.5 Å². The van der Waals surface area contributed by atoms with Gasteiger partial charge in [-0.3, -0.25) is 0 Å². The smallest absolute Gasteiger partial charge is 0.0802 e. The molecule has 1 aliphatic carbocycles. The van der Waals surface area contributed by atoms with Gasteiger partial charge in [-0.15, -0.1) is 0 Å². The van der Waals surface area contributed by atoms with Crippen molar-refractivity contribution in [2.45, 2.75) is 45.6 Å². The van der Waals surface area contributed by atoms with E-state index in [0.717, 1.165) is 12.8 Å². The van der Waals surface area contributed by atoms with E-state index in [4.69, 9.17) is 5.73 Å². The van der Waals surface area contributed by atoms with Gasteiger partial charge in [-0.25, -0.2) is 0 Å². The Balaban J connectivity index is 2.72. The summed E-state index contributed by atoms with van der Waals surface area (Å²) in [6.07, 6.45) is 3.25. The maximum atomic E-state index is 10.4. The summed E-state index contributed by atoms with van der Waals surface area (Å²) in [6, 6.07) is 0. The third-order valence-electron chi connectivity index (χ3n) is 3.52. The third kappa shape index (κ3) is 2.23. The normalized spacial score (nSPS) is 41.1. The van der Waals surface area contributed by atoms with Crippen molar-refractivity contribution in [2.75, 3.05) is 6.54 Å². The van der Waals surface area contributed by atoms with E-state index < -0.39 is 5.60 Å². The van der Waals surface area contributed by atoms with Crippen LogP contribution in [0.5, 0.6) is 0 Å². The number of hydrogen-bond donors (Lipinski definition) is 2. The van der Waals surface area contributed by atoms with E-state index in [2.05, 4.69) is 20.8 Å². The standard InChI is InChI=1S/C11H23NO/c1-8(2)10-5-4-9(3)6-11(10,13)7-12/h8-10,13H,4-7,12H2,1-3H3/t9-,10+,11-/m1/s1. The van der Waals surface area contributed by atoms with Gasteiger partial charge in [-0.1, -0.05) is 27.2 Å². The fourth-order valence-electron chi connectivity index (χ4n) is 2.78. The van der Waals surface area contributed by atoms with Crippen LogP contribution in [0.25, 0.3) is 0 Å². The molecular formula is C11H23NO. The van der Waals surface area contributed by atoms with Gasteiger partial charge in [0.25, 0.3) is 0 Å². The first-order valence-corrected chi connectivity index (χ1v) is 5.42. The molecule has 0 bridgehead atoms. The van der Waals surface area contributed by atoms with Crippen LogP contribution in [0.3, 0.4) is 0 Å². The molecular weight excluding hydrogens is 162 g/mol. The number of rotatable bonds is 2. The molecule has 0 heterocycles. The molecule has 1 aliphatic rings. The van der Waals surface area contributed by atoms with Crippen LogP contribution in [0.15, 0.2) is 0 Å². The first kappa shape index (κ1) is 11.0. The van der Waals surface area contributed by atoms with Crippen molar-refractivity contribution in [3.8, 4) is 0 Å². The van der Waals surface area contributed by atoms with Crippen molar-refractivity contribution < 1.29 is 5.11 Å². The maximum Gasteiger partial charge on any atom is 0.0802 e. The van der Waals surface area contributed by atoms with Gasteiger partial charge in [-0.2, -0.15) is 0 Å². The first-order valence-electron chi connectivity index (χ1n) is 5.42. The molecule has 0 saturated heterocycles. The molecule has 0 amide bonds. The van der Waals surface area contributed by atoms with Crippen LogP contribution in [0.1, 0.15) is 40.0 Å².